The van der Waals surface area contributed by atoms with Gasteiger partial charge in [-0.3, -0.25) is 19.0 Å². The van der Waals surface area contributed by atoms with Crippen LogP contribution in [0.3, 0.4) is 0 Å². The maximum atomic E-state index is 13.2. The van der Waals surface area contributed by atoms with Gasteiger partial charge >= 0.3 is 0 Å². The average Bonchev–Trinajstić information content (AvgIpc) is 3.35. The lowest BCUT2D eigenvalue weighted by Crippen LogP contribution is -2.41. The van der Waals surface area contributed by atoms with Crippen molar-refractivity contribution in [1.29, 1.82) is 0 Å². The molecule has 1 atom stereocenters. The molecule has 11 nitrogen and oxygen atoms in total. The molecule has 1 aliphatic heterocycles. The molecule has 4 rings (SSSR count). The summed E-state index contributed by atoms with van der Waals surface area (Å²) in [5.74, 6) is -1.23. The molecule has 1 saturated heterocycles. The van der Waals surface area contributed by atoms with Crippen LogP contribution < -0.4 is 15.6 Å². The number of nitrogens with one attached hydrogen (secondary N) is 1. The van der Waals surface area contributed by atoms with Gasteiger partial charge in [0, 0.05) is 26.1 Å². The lowest BCUT2D eigenvalue weighted by molar-refractivity contribution is 0.0698. The predicted molar refractivity (Wildman–Crippen MR) is 116 cm³/mol. The van der Waals surface area contributed by atoms with Crippen molar-refractivity contribution in [3.8, 4) is 11.5 Å². The summed E-state index contributed by atoms with van der Waals surface area (Å²) >= 11 is 0. The highest BCUT2D eigenvalue weighted by atomic mass is 16.5. The van der Waals surface area contributed by atoms with E-state index < -0.39 is 22.9 Å². The molecule has 11 heteroatoms. The SMILES string of the molecule is COc1ccccc1C(=O)N1CCCC(c2nc(C(=O)Nc3cnoc3)c(O)c(=O)n2C)C1. The van der Waals surface area contributed by atoms with Crippen molar-refractivity contribution < 1.29 is 24.0 Å². The fourth-order valence-electron chi connectivity index (χ4n) is 3.95. The third-order valence-electron chi connectivity index (χ3n) is 5.62. The van der Waals surface area contributed by atoms with E-state index in [1.807, 2.05) is 0 Å². The Morgan fingerprint density at radius 1 is 1.30 bits per heavy atom. The van der Waals surface area contributed by atoms with Crippen molar-refractivity contribution in [2.24, 2.45) is 7.05 Å². The van der Waals surface area contributed by atoms with Crippen molar-refractivity contribution in [3.05, 3.63) is 64.2 Å². The Morgan fingerprint density at radius 3 is 2.82 bits per heavy atom. The highest BCUT2D eigenvalue weighted by Crippen LogP contribution is 2.29. The van der Waals surface area contributed by atoms with Crippen LogP contribution in [0.15, 0.2) is 46.0 Å². The van der Waals surface area contributed by atoms with Crippen molar-refractivity contribution >= 4 is 17.5 Å². The Morgan fingerprint density at radius 2 is 2.09 bits per heavy atom. The number of nitrogens with zero attached hydrogens (tertiary/aromatic N) is 4. The van der Waals surface area contributed by atoms with Gasteiger partial charge in [0.2, 0.25) is 5.75 Å². The first-order valence-electron chi connectivity index (χ1n) is 10.3. The zero-order valence-corrected chi connectivity index (χ0v) is 18.1. The summed E-state index contributed by atoms with van der Waals surface area (Å²) in [4.78, 5) is 44.4. The van der Waals surface area contributed by atoms with Crippen molar-refractivity contribution in [1.82, 2.24) is 19.6 Å². The first-order chi connectivity index (χ1) is 15.9. The molecular weight excluding hydrogens is 430 g/mol. The highest BCUT2D eigenvalue weighted by Gasteiger charge is 2.31. The number of carbonyl (C=O) groups excluding carboxylic acids is 2. The number of ether oxygens (including phenoxy) is 1. The number of piperidine rings is 1. The Bertz CT molecular complexity index is 1240. The van der Waals surface area contributed by atoms with E-state index in [-0.39, 0.29) is 17.5 Å². The number of para-hydroxylation sites is 1. The van der Waals surface area contributed by atoms with E-state index in [0.717, 1.165) is 0 Å². The fourth-order valence-corrected chi connectivity index (χ4v) is 3.95. The van der Waals surface area contributed by atoms with Gasteiger partial charge in [-0.05, 0) is 25.0 Å². The van der Waals surface area contributed by atoms with Gasteiger partial charge in [-0.25, -0.2) is 4.98 Å². The van der Waals surface area contributed by atoms with Gasteiger partial charge in [0.25, 0.3) is 17.4 Å². The van der Waals surface area contributed by atoms with Gasteiger partial charge in [-0.1, -0.05) is 17.3 Å². The molecule has 2 amide bonds. The maximum Gasteiger partial charge on any atom is 0.296 e. The van der Waals surface area contributed by atoms with Gasteiger partial charge in [-0.2, -0.15) is 0 Å². The zero-order valence-electron chi connectivity index (χ0n) is 18.1. The molecule has 0 aliphatic carbocycles. The van der Waals surface area contributed by atoms with Crippen LogP contribution >= 0.6 is 0 Å². The predicted octanol–water partition coefficient (Wildman–Crippen LogP) is 1.75. The van der Waals surface area contributed by atoms with Crippen LogP contribution in [0.4, 0.5) is 5.69 Å². The zero-order chi connectivity index (χ0) is 23.5. The quantitative estimate of drug-likeness (QED) is 0.596. The van der Waals surface area contributed by atoms with Gasteiger partial charge < -0.3 is 24.6 Å². The lowest BCUT2D eigenvalue weighted by atomic mass is 9.96. The highest BCUT2D eigenvalue weighted by molar-refractivity contribution is 6.04. The maximum absolute atomic E-state index is 13.2. The van der Waals surface area contributed by atoms with E-state index in [1.165, 1.54) is 31.2 Å². The molecule has 0 saturated carbocycles. The molecule has 0 spiro atoms. The second kappa shape index (κ2) is 9.15. The average molecular weight is 453 g/mol. The molecule has 2 N–H and O–H groups in total. The smallest absolute Gasteiger partial charge is 0.296 e. The Balaban J connectivity index is 1.63. The van der Waals surface area contributed by atoms with Crippen LogP contribution in [0.2, 0.25) is 0 Å². The summed E-state index contributed by atoms with van der Waals surface area (Å²) < 4.78 is 11.2. The monoisotopic (exact) mass is 453 g/mol. The molecule has 3 aromatic rings. The number of benzene rings is 1. The first kappa shape index (κ1) is 22.1. The van der Waals surface area contributed by atoms with Gasteiger partial charge in [0.15, 0.2) is 5.69 Å². The largest absolute Gasteiger partial charge is 0.501 e. The third kappa shape index (κ3) is 4.29. The van der Waals surface area contributed by atoms with Gasteiger partial charge in [0.05, 0.1) is 18.9 Å². The van der Waals surface area contributed by atoms with Crippen LogP contribution in [0.1, 0.15) is 45.4 Å². The van der Waals surface area contributed by atoms with Crippen molar-refractivity contribution in [3.63, 3.8) is 0 Å². The van der Waals surface area contributed by atoms with E-state index in [1.54, 1.807) is 29.2 Å². The number of amides is 2. The first-order valence-corrected chi connectivity index (χ1v) is 10.3. The fraction of sp³-hybridized carbons (Fsp3) is 0.318. The summed E-state index contributed by atoms with van der Waals surface area (Å²) in [5, 5.41) is 16.2. The third-order valence-corrected chi connectivity index (χ3v) is 5.62. The normalized spacial score (nSPS) is 15.8. The molecular formula is C22H23N5O6. The molecule has 0 radical (unpaired) electrons. The number of aromatic hydroxyl groups is 1. The molecule has 1 aromatic carbocycles. The molecule has 0 bridgehead atoms. The summed E-state index contributed by atoms with van der Waals surface area (Å²) in [6.45, 7) is 0.842. The van der Waals surface area contributed by atoms with Crippen molar-refractivity contribution in [2.75, 3.05) is 25.5 Å². The molecule has 2 aromatic heterocycles. The van der Waals surface area contributed by atoms with E-state index >= 15 is 0 Å². The minimum atomic E-state index is -0.771. The molecule has 1 aliphatic rings. The number of hydrogen-bond acceptors (Lipinski definition) is 8. The summed E-state index contributed by atoms with van der Waals surface area (Å²) in [7, 11) is 2.99. The van der Waals surface area contributed by atoms with Crippen LogP contribution in [0.25, 0.3) is 0 Å². The van der Waals surface area contributed by atoms with Crippen LogP contribution in [0, 0.1) is 0 Å². The second-order valence-electron chi connectivity index (χ2n) is 7.69. The van der Waals surface area contributed by atoms with E-state index in [4.69, 9.17) is 4.74 Å². The second-order valence-corrected chi connectivity index (χ2v) is 7.69. The van der Waals surface area contributed by atoms with Crippen molar-refractivity contribution in [2.45, 2.75) is 18.8 Å². The molecule has 1 fully saturated rings. The minimum Gasteiger partial charge on any atom is -0.501 e. The molecule has 172 valence electrons. The summed E-state index contributed by atoms with van der Waals surface area (Å²) in [6, 6.07) is 6.98. The summed E-state index contributed by atoms with van der Waals surface area (Å²) in [6.07, 6.45) is 3.83. The number of likely N-dealkylation sites (tertiary alicyclic amines) is 1. The Hall–Kier alpha value is -4.15. The van der Waals surface area contributed by atoms with Crippen LogP contribution in [-0.2, 0) is 7.05 Å². The van der Waals surface area contributed by atoms with Gasteiger partial charge in [-0.15, -0.1) is 0 Å². The molecule has 1 unspecified atom stereocenters. The molecule has 33 heavy (non-hydrogen) atoms. The Labute approximate surface area is 188 Å². The van der Waals surface area contributed by atoms with Crippen LogP contribution in [-0.4, -0.2) is 56.7 Å². The van der Waals surface area contributed by atoms with E-state index in [0.29, 0.717) is 43.1 Å². The van der Waals surface area contributed by atoms with E-state index in [2.05, 4.69) is 20.0 Å². The number of hydrogen-bond donors (Lipinski definition) is 2. The lowest BCUT2D eigenvalue weighted by Gasteiger charge is -2.33. The Kier molecular flexibility index (Phi) is 6.11. The number of aromatic nitrogens is 3. The number of rotatable bonds is 5. The standard InChI is InChI=1S/C22H23N5O6/c1-26-19(25-17(18(28)22(26)31)20(29)24-14-10-23-33-12-14)13-6-5-9-27(11-13)21(30)15-7-3-4-8-16(15)32-2/h3-4,7-8,10,12-13,28H,5-6,9,11H2,1-2H3,(H,24,29). The minimum absolute atomic E-state index is 0.189. The number of methoxy groups -OCH3 is 1. The van der Waals surface area contributed by atoms with Gasteiger partial charge in [0.1, 0.15) is 23.5 Å². The van der Waals surface area contributed by atoms with Crippen LogP contribution in [0.5, 0.6) is 11.5 Å². The topological polar surface area (TPSA) is 140 Å². The number of anilines is 1. The van der Waals surface area contributed by atoms with E-state index in [9.17, 15) is 19.5 Å². The number of carbonyl (C=O) groups is 2. The summed E-state index contributed by atoms with van der Waals surface area (Å²) in [5.41, 5.74) is -0.442. The molecule has 3 heterocycles.